The number of nitrogens with one attached hydrogen (secondary N) is 2. The van der Waals surface area contributed by atoms with E-state index < -0.39 is 17.6 Å². The van der Waals surface area contributed by atoms with Gasteiger partial charge in [0.05, 0.1) is 18.3 Å². The number of hydrogen-bond acceptors (Lipinski definition) is 6. The topological polar surface area (TPSA) is 98.2 Å². The minimum absolute atomic E-state index is 0.168. The molecule has 0 saturated carbocycles. The Labute approximate surface area is 212 Å². The number of para-hydroxylation sites is 1. The highest BCUT2D eigenvalue weighted by molar-refractivity contribution is 6.39. The molecule has 10 heteroatoms. The minimum Gasteiger partial charge on any atom is -0.493 e. The van der Waals surface area contributed by atoms with Crippen LogP contribution >= 0.6 is 11.6 Å². The second kappa shape index (κ2) is 12.9. The van der Waals surface area contributed by atoms with E-state index in [1.807, 2.05) is 0 Å². The summed E-state index contributed by atoms with van der Waals surface area (Å²) in [5.41, 5.74) is 3.15. The van der Waals surface area contributed by atoms with E-state index >= 15 is 0 Å². The lowest BCUT2D eigenvalue weighted by molar-refractivity contribution is -0.136. The molecule has 8 nitrogen and oxygen atoms in total. The first-order valence-electron chi connectivity index (χ1n) is 10.6. The van der Waals surface area contributed by atoms with Crippen LogP contribution in [0.5, 0.6) is 17.2 Å². The number of carbonyl (C=O) groups excluding carboxylic acids is 2. The van der Waals surface area contributed by atoms with Gasteiger partial charge in [-0.15, -0.1) is 0 Å². The summed E-state index contributed by atoms with van der Waals surface area (Å²) in [7, 11) is 1.45. The molecule has 0 unspecified atom stereocenters. The average Bonchev–Trinajstić information content (AvgIpc) is 2.88. The summed E-state index contributed by atoms with van der Waals surface area (Å²) in [6.45, 7) is 3.75. The quantitative estimate of drug-likeness (QED) is 0.178. The Bertz CT molecular complexity index is 1240. The first-order valence-corrected chi connectivity index (χ1v) is 11.0. The fraction of sp³-hybridized carbons (Fsp3) is 0.115. The van der Waals surface area contributed by atoms with Crippen LogP contribution in [-0.2, 0) is 16.2 Å². The van der Waals surface area contributed by atoms with Crippen molar-refractivity contribution in [3.05, 3.63) is 95.3 Å². The summed E-state index contributed by atoms with van der Waals surface area (Å²) in [6.07, 6.45) is 2.89. The third-order valence-electron chi connectivity index (χ3n) is 4.71. The molecule has 0 aliphatic heterocycles. The third kappa shape index (κ3) is 7.07. The first-order chi connectivity index (χ1) is 17.4. The number of hydrazone groups is 1. The van der Waals surface area contributed by atoms with Gasteiger partial charge in [-0.05, 0) is 48.5 Å². The second-order valence-corrected chi connectivity index (χ2v) is 7.55. The maximum absolute atomic E-state index is 14.1. The Balaban J connectivity index is 1.64. The lowest BCUT2D eigenvalue weighted by Crippen LogP contribution is -2.32. The lowest BCUT2D eigenvalue weighted by Gasteiger charge is -2.14. The lowest BCUT2D eigenvalue weighted by atomic mass is 10.2. The van der Waals surface area contributed by atoms with Crippen LogP contribution in [0.25, 0.3) is 0 Å². The molecule has 2 N–H and O–H groups in total. The van der Waals surface area contributed by atoms with Gasteiger partial charge in [0, 0.05) is 16.8 Å². The number of nitrogens with zero attached hydrogens (tertiary/aromatic N) is 1. The van der Waals surface area contributed by atoms with E-state index in [1.54, 1.807) is 54.6 Å². The summed E-state index contributed by atoms with van der Waals surface area (Å²) in [4.78, 5) is 24.3. The number of rotatable bonds is 10. The van der Waals surface area contributed by atoms with Crippen molar-refractivity contribution in [2.75, 3.05) is 19.0 Å². The largest absolute Gasteiger partial charge is 0.493 e. The molecule has 0 atom stereocenters. The van der Waals surface area contributed by atoms with Crippen LogP contribution in [0.4, 0.5) is 10.1 Å². The number of carbonyl (C=O) groups is 2. The zero-order valence-electron chi connectivity index (χ0n) is 19.3. The molecule has 0 aromatic heterocycles. The molecular formula is C26H23ClFN3O5. The highest BCUT2D eigenvalue weighted by Crippen LogP contribution is 2.32. The van der Waals surface area contributed by atoms with E-state index in [4.69, 9.17) is 25.8 Å². The summed E-state index contributed by atoms with van der Waals surface area (Å²) in [6, 6.07) is 15.8. The smallest absolute Gasteiger partial charge is 0.329 e. The molecule has 0 spiro atoms. The number of anilines is 1. The third-order valence-corrected chi connectivity index (χ3v) is 5.06. The number of benzene rings is 3. The molecule has 3 rings (SSSR count). The van der Waals surface area contributed by atoms with Crippen molar-refractivity contribution in [2.24, 2.45) is 5.10 Å². The fourth-order valence-corrected chi connectivity index (χ4v) is 3.17. The van der Waals surface area contributed by atoms with Gasteiger partial charge in [0.15, 0.2) is 11.5 Å². The zero-order valence-corrected chi connectivity index (χ0v) is 20.0. The Hall–Kier alpha value is -4.37. The van der Waals surface area contributed by atoms with Gasteiger partial charge < -0.3 is 19.5 Å². The van der Waals surface area contributed by atoms with Crippen molar-refractivity contribution < 1.29 is 28.2 Å². The minimum atomic E-state index is -0.985. The van der Waals surface area contributed by atoms with Gasteiger partial charge in [0.1, 0.15) is 24.8 Å². The van der Waals surface area contributed by atoms with E-state index in [0.29, 0.717) is 29.4 Å². The SMILES string of the molecule is C=CCOc1ccc(NC(=O)C(=O)N/N=C\c2cccc(OC)c2OCc2c(F)cccc2Cl)cc1. The van der Waals surface area contributed by atoms with Crippen LogP contribution in [0.2, 0.25) is 5.02 Å². The fourth-order valence-electron chi connectivity index (χ4n) is 2.95. The predicted octanol–water partition coefficient (Wildman–Crippen LogP) is 4.72. The average molecular weight is 512 g/mol. The monoisotopic (exact) mass is 511 g/mol. The Morgan fingerprint density at radius 2 is 1.81 bits per heavy atom. The molecule has 36 heavy (non-hydrogen) atoms. The summed E-state index contributed by atoms with van der Waals surface area (Å²) in [5, 5.41) is 6.51. The molecule has 0 saturated heterocycles. The number of amides is 2. The molecule has 3 aromatic carbocycles. The van der Waals surface area contributed by atoms with Crippen molar-refractivity contribution in [1.82, 2.24) is 5.43 Å². The van der Waals surface area contributed by atoms with Crippen LogP contribution in [0, 0.1) is 5.82 Å². The number of hydrogen-bond donors (Lipinski definition) is 2. The van der Waals surface area contributed by atoms with Crippen LogP contribution in [0.3, 0.4) is 0 Å². The zero-order chi connectivity index (χ0) is 25.9. The molecule has 3 aromatic rings. The van der Waals surface area contributed by atoms with Gasteiger partial charge in [-0.3, -0.25) is 9.59 Å². The first kappa shape index (κ1) is 26.2. The van der Waals surface area contributed by atoms with Crippen LogP contribution in [-0.4, -0.2) is 31.7 Å². The molecule has 0 aliphatic rings. The summed E-state index contributed by atoms with van der Waals surface area (Å²) in [5.74, 6) is -1.21. The highest BCUT2D eigenvalue weighted by atomic mass is 35.5. The predicted molar refractivity (Wildman–Crippen MR) is 135 cm³/mol. The van der Waals surface area contributed by atoms with Crippen molar-refractivity contribution in [3.8, 4) is 17.2 Å². The number of methoxy groups -OCH3 is 1. The van der Waals surface area contributed by atoms with Gasteiger partial charge in [0.2, 0.25) is 0 Å². The Kier molecular flexibility index (Phi) is 9.41. The molecule has 186 valence electrons. The maximum Gasteiger partial charge on any atom is 0.329 e. The van der Waals surface area contributed by atoms with Crippen LogP contribution < -0.4 is 25.0 Å². The van der Waals surface area contributed by atoms with E-state index in [2.05, 4.69) is 22.4 Å². The number of ether oxygens (including phenoxy) is 3. The Morgan fingerprint density at radius 1 is 1.06 bits per heavy atom. The van der Waals surface area contributed by atoms with Gasteiger partial charge in [-0.1, -0.05) is 36.4 Å². The summed E-state index contributed by atoms with van der Waals surface area (Å²) < 4.78 is 30.6. The summed E-state index contributed by atoms with van der Waals surface area (Å²) >= 11 is 6.07. The van der Waals surface area contributed by atoms with Gasteiger partial charge in [-0.25, -0.2) is 9.82 Å². The van der Waals surface area contributed by atoms with E-state index in [9.17, 15) is 14.0 Å². The molecule has 0 heterocycles. The molecule has 2 amide bonds. The van der Waals surface area contributed by atoms with Crippen molar-refractivity contribution in [1.29, 1.82) is 0 Å². The van der Waals surface area contributed by atoms with Crippen molar-refractivity contribution >= 4 is 35.3 Å². The molecule has 0 radical (unpaired) electrons. The molecule has 0 bridgehead atoms. The standard InChI is InChI=1S/C26H23ClFN3O5/c1-3-14-35-19-12-10-18(11-13-19)30-25(32)26(33)31-29-15-17-6-4-9-23(34-2)24(17)36-16-20-21(27)7-5-8-22(20)28/h3-13,15H,1,14,16H2,2H3,(H,30,32)(H,31,33)/b29-15-. The van der Waals surface area contributed by atoms with Crippen LogP contribution in [0.15, 0.2) is 78.4 Å². The second-order valence-electron chi connectivity index (χ2n) is 7.14. The molecule has 0 aliphatic carbocycles. The van der Waals surface area contributed by atoms with Crippen molar-refractivity contribution in [2.45, 2.75) is 6.61 Å². The van der Waals surface area contributed by atoms with E-state index in [0.717, 1.165) is 0 Å². The molecule has 0 fully saturated rings. The molecular weight excluding hydrogens is 489 g/mol. The van der Waals surface area contributed by atoms with Gasteiger partial charge in [-0.2, -0.15) is 5.10 Å². The maximum atomic E-state index is 14.1. The Morgan fingerprint density at radius 3 is 2.50 bits per heavy atom. The van der Waals surface area contributed by atoms with E-state index in [-0.39, 0.29) is 22.9 Å². The normalized spacial score (nSPS) is 10.5. The van der Waals surface area contributed by atoms with E-state index in [1.165, 1.54) is 25.5 Å². The van der Waals surface area contributed by atoms with Gasteiger partial charge >= 0.3 is 11.8 Å². The van der Waals surface area contributed by atoms with Gasteiger partial charge in [0.25, 0.3) is 0 Å². The van der Waals surface area contributed by atoms with Crippen LogP contribution in [0.1, 0.15) is 11.1 Å². The van der Waals surface area contributed by atoms with Crippen molar-refractivity contribution in [3.63, 3.8) is 0 Å². The highest BCUT2D eigenvalue weighted by Gasteiger charge is 2.15. The number of halogens is 2.